The Morgan fingerprint density at radius 3 is 0.821 bits per heavy atom. The van der Waals surface area contributed by atoms with Crippen LogP contribution >= 0.6 is 0 Å². The molecule has 0 amide bonds. The zero-order valence-corrected chi connectivity index (χ0v) is 51.8. The maximum absolute atomic E-state index is 2.40. The van der Waals surface area contributed by atoms with Gasteiger partial charge in [0.25, 0.3) is 0 Å². The second-order valence-electron chi connectivity index (χ2n) is 27.1. The van der Waals surface area contributed by atoms with E-state index in [0.29, 0.717) is 27.1 Å². The molecule has 0 fully saturated rings. The molecule has 0 N–H and O–H groups in total. The molecule has 0 aromatic heterocycles. The lowest BCUT2D eigenvalue weighted by Gasteiger charge is -2.27. The molecule has 0 aliphatic rings. The van der Waals surface area contributed by atoms with Crippen LogP contribution in [-0.4, -0.2) is 0 Å². The van der Waals surface area contributed by atoms with E-state index in [1.54, 1.807) is 0 Å². The molecule has 0 nitrogen and oxygen atoms in total. The highest BCUT2D eigenvalue weighted by Crippen LogP contribution is 2.30. The quantitative estimate of drug-likeness (QED) is 0.0445. The average Bonchev–Trinajstić information content (AvgIpc) is 3.22. The molecule has 0 aromatic rings. The Labute approximate surface area is 431 Å². The fourth-order valence-electron chi connectivity index (χ4n) is 7.33. The molecule has 1 unspecified atom stereocenters. The van der Waals surface area contributed by atoms with E-state index in [2.05, 4.69) is 170 Å². The predicted molar refractivity (Wildman–Crippen MR) is 319 cm³/mol. The van der Waals surface area contributed by atoms with E-state index >= 15 is 0 Å². The predicted octanol–water partition coefficient (Wildman–Crippen LogP) is 26.1. The maximum atomic E-state index is 2.40. The van der Waals surface area contributed by atoms with Crippen LogP contribution in [0.25, 0.3) is 0 Å². The van der Waals surface area contributed by atoms with E-state index in [-0.39, 0.29) is 0 Å². The Bertz CT molecular complexity index is 940. The number of unbranched alkanes of at least 4 members (excludes halogenated alkanes) is 25. The third kappa shape index (κ3) is 88.9. The van der Waals surface area contributed by atoms with Crippen LogP contribution in [0, 0.1) is 33.0 Å². The lowest BCUT2D eigenvalue weighted by Crippen LogP contribution is -2.16. The summed E-state index contributed by atoms with van der Waals surface area (Å²) in [5, 5.41) is 0. The number of hydrogen-bond acceptors (Lipinski definition) is 0. The van der Waals surface area contributed by atoms with Crippen molar-refractivity contribution in [2.75, 3.05) is 0 Å². The van der Waals surface area contributed by atoms with E-state index in [4.69, 9.17) is 0 Å². The van der Waals surface area contributed by atoms with Gasteiger partial charge in [-0.15, -0.1) is 0 Å². The molecule has 0 spiro atoms. The van der Waals surface area contributed by atoms with Crippen molar-refractivity contribution in [1.82, 2.24) is 0 Å². The fraction of sp³-hybridized carbons (Fsp3) is 0.940. The minimum Gasteiger partial charge on any atom is -0.0882 e. The summed E-state index contributed by atoms with van der Waals surface area (Å²) in [5.74, 6) is 0.869. The van der Waals surface area contributed by atoms with Gasteiger partial charge in [-0.3, -0.25) is 0 Å². The van der Waals surface area contributed by atoms with Gasteiger partial charge >= 0.3 is 0 Å². The minimum atomic E-state index is 0.502. The van der Waals surface area contributed by atoms with Crippen molar-refractivity contribution >= 4 is 0 Å². The molecule has 0 heteroatoms. The summed E-state index contributed by atoms with van der Waals surface area (Å²) in [6.45, 7) is 48.5. The molecular weight excluding hydrogens is 805 g/mol. The molecule has 0 rings (SSSR count). The third-order valence-corrected chi connectivity index (χ3v) is 13.5. The van der Waals surface area contributed by atoms with Crippen LogP contribution in [-0.2, 0) is 0 Å². The van der Waals surface area contributed by atoms with Gasteiger partial charge in [0.1, 0.15) is 0 Å². The van der Waals surface area contributed by atoms with Crippen molar-refractivity contribution in [2.45, 2.75) is 377 Å². The van der Waals surface area contributed by atoms with Crippen molar-refractivity contribution in [3.8, 4) is 0 Å². The lowest BCUT2D eigenvalue weighted by atomic mass is 9.79. The monoisotopic (exact) mass is 945 g/mol. The standard InChI is InChI=1S/C22H42.C16H34.C15H32.C8H18.C6H14/c1-5-6-7-8-9-10-11-12-13-14-15-16-17-18-19-20-21-22(2,3)4;1-5-6-7-8-9-10-11-12-13-14-15-16(2,3)4;1-6-7-8-9-10-11-12-13-14(2)15(3,4)5;1-5-6-7-8(2,3)4;1-5-6(2,3)4/h9-10,12-13H,5-8,11,14-21H2,1-4H3;5-15H2,1-4H3;14H,6-13H2,1-5H3;5-7H2,1-4H3;5H2,1-4H3/b10-9-,13-12-;;;;. The van der Waals surface area contributed by atoms with Gasteiger partial charge in [0, 0.05) is 0 Å². The van der Waals surface area contributed by atoms with Gasteiger partial charge in [0.05, 0.1) is 0 Å². The average molecular weight is 946 g/mol. The zero-order chi connectivity index (χ0) is 52.4. The van der Waals surface area contributed by atoms with Crippen LogP contribution in [0.4, 0.5) is 0 Å². The molecule has 0 bridgehead atoms. The highest BCUT2D eigenvalue weighted by atomic mass is 14.2. The largest absolute Gasteiger partial charge is 0.0882 e. The van der Waals surface area contributed by atoms with E-state index in [1.807, 2.05) is 0 Å². The van der Waals surface area contributed by atoms with Crippen molar-refractivity contribution in [3.05, 3.63) is 24.3 Å². The van der Waals surface area contributed by atoms with E-state index in [9.17, 15) is 0 Å². The zero-order valence-electron chi connectivity index (χ0n) is 51.8. The van der Waals surface area contributed by atoms with Gasteiger partial charge in [-0.2, -0.15) is 0 Å². The topological polar surface area (TPSA) is 0 Å². The summed E-state index contributed by atoms with van der Waals surface area (Å²) in [4.78, 5) is 0. The van der Waals surface area contributed by atoms with Gasteiger partial charge in [-0.25, -0.2) is 0 Å². The molecule has 0 aliphatic heterocycles. The molecule has 67 heavy (non-hydrogen) atoms. The summed E-state index contributed by atoms with van der Waals surface area (Å²) < 4.78 is 0. The first-order chi connectivity index (χ1) is 31.2. The van der Waals surface area contributed by atoms with E-state index in [0.717, 1.165) is 12.3 Å². The van der Waals surface area contributed by atoms with Gasteiger partial charge in [-0.1, -0.05) is 349 Å². The van der Waals surface area contributed by atoms with Crippen molar-refractivity contribution in [2.24, 2.45) is 33.0 Å². The molecule has 0 radical (unpaired) electrons. The highest BCUT2D eigenvalue weighted by molar-refractivity contribution is 4.92. The number of allylic oxidation sites excluding steroid dienone is 4. The summed E-state index contributed by atoms with van der Waals surface area (Å²) in [6, 6.07) is 0. The molecule has 0 heterocycles. The van der Waals surface area contributed by atoms with Crippen LogP contribution in [0.5, 0.6) is 0 Å². The molecule has 0 saturated heterocycles. The summed E-state index contributed by atoms with van der Waals surface area (Å²) in [6.07, 6.45) is 59.6. The third-order valence-electron chi connectivity index (χ3n) is 13.5. The minimum absolute atomic E-state index is 0.502. The van der Waals surface area contributed by atoms with Crippen molar-refractivity contribution < 1.29 is 0 Å². The SMILES string of the molecule is CCC(C)(C)C.CCCCC(C)(C)C.CCCCC/C=C\C/C=C\CCCCCCCCC(C)(C)C.CCCCCCCCCC(C)C(C)(C)C.CCCCCCCCCCCCC(C)(C)C. The molecule has 0 aliphatic carbocycles. The van der Waals surface area contributed by atoms with E-state index in [1.165, 1.54) is 225 Å². The van der Waals surface area contributed by atoms with Gasteiger partial charge in [0.2, 0.25) is 0 Å². The molecular formula is C67H140. The molecule has 0 saturated carbocycles. The number of hydrogen-bond donors (Lipinski definition) is 0. The fourth-order valence-corrected chi connectivity index (χ4v) is 7.33. The second kappa shape index (κ2) is 51.8. The first-order valence-electron chi connectivity index (χ1n) is 30.5. The Balaban J connectivity index is -0.000000254. The van der Waals surface area contributed by atoms with Gasteiger partial charge in [0.15, 0.2) is 0 Å². The Hall–Kier alpha value is -0.520. The first-order valence-corrected chi connectivity index (χ1v) is 30.5. The van der Waals surface area contributed by atoms with E-state index < -0.39 is 0 Å². The van der Waals surface area contributed by atoms with Crippen LogP contribution in [0.3, 0.4) is 0 Å². The summed E-state index contributed by atoms with van der Waals surface area (Å²) in [5.41, 5.74) is 2.66. The van der Waals surface area contributed by atoms with Crippen LogP contribution in [0.2, 0.25) is 0 Å². The molecule has 0 aromatic carbocycles. The maximum Gasteiger partial charge on any atom is -0.0169 e. The Morgan fingerprint density at radius 1 is 0.284 bits per heavy atom. The highest BCUT2D eigenvalue weighted by Gasteiger charge is 2.19. The second-order valence-corrected chi connectivity index (χ2v) is 27.1. The Morgan fingerprint density at radius 2 is 0.537 bits per heavy atom. The normalized spacial score (nSPS) is 12.7. The summed E-state index contributed by atoms with van der Waals surface area (Å²) in [7, 11) is 0. The smallest absolute Gasteiger partial charge is 0.0169 e. The van der Waals surface area contributed by atoms with Gasteiger partial charge < -0.3 is 0 Å². The number of rotatable bonds is 34. The van der Waals surface area contributed by atoms with Crippen LogP contribution in [0.1, 0.15) is 377 Å². The van der Waals surface area contributed by atoms with Crippen molar-refractivity contribution in [3.63, 3.8) is 0 Å². The lowest BCUT2D eigenvalue weighted by molar-refractivity contribution is 0.240. The molecule has 1 atom stereocenters. The molecule has 408 valence electrons. The summed E-state index contributed by atoms with van der Waals surface area (Å²) >= 11 is 0. The van der Waals surface area contributed by atoms with Crippen molar-refractivity contribution in [1.29, 1.82) is 0 Å². The first kappa shape index (κ1) is 75.4. The van der Waals surface area contributed by atoms with Crippen LogP contribution in [0.15, 0.2) is 24.3 Å². The van der Waals surface area contributed by atoms with Gasteiger partial charge in [-0.05, 0) is 84.4 Å². The Kier molecular flexibility index (Phi) is 58.3. The van der Waals surface area contributed by atoms with Crippen LogP contribution < -0.4 is 0 Å².